The van der Waals surface area contributed by atoms with Gasteiger partial charge in [0, 0.05) is 18.7 Å². The van der Waals surface area contributed by atoms with Crippen LogP contribution in [0.15, 0.2) is 53.4 Å². The summed E-state index contributed by atoms with van der Waals surface area (Å²) < 4.78 is 27.5. The zero-order chi connectivity index (χ0) is 17.7. The summed E-state index contributed by atoms with van der Waals surface area (Å²) in [4.78, 5) is 11.6. The summed E-state index contributed by atoms with van der Waals surface area (Å²) >= 11 is 0. The van der Waals surface area contributed by atoms with Gasteiger partial charge in [0.2, 0.25) is 15.9 Å². The SMILES string of the molecule is O=C1CCc2cc(S(=O)(=O)NCCCCc3ccccc3)ccc2N1. The summed E-state index contributed by atoms with van der Waals surface area (Å²) in [5.41, 5.74) is 2.84. The molecule has 2 aromatic carbocycles. The fraction of sp³-hybridized carbons (Fsp3) is 0.316. The van der Waals surface area contributed by atoms with E-state index in [1.165, 1.54) is 11.6 Å². The quantitative estimate of drug-likeness (QED) is 0.747. The van der Waals surface area contributed by atoms with Gasteiger partial charge in [-0.3, -0.25) is 4.79 Å². The monoisotopic (exact) mass is 358 g/mol. The average molecular weight is 358 g/mol. The Balaban J connectivity index is 1.52. The highest BCUT2D eigenvalue weighted by atomic mass is 32.2. The van der Waals surface area contributed by atoms with Gasteiger partial charge in [0.1, 0.15) is 0 Å². The third-order valence-corrected chi connectivity index (χ3v) is 5.77. The Morgan fingerprint density at radius 1 is 1.00 bits per heavy atom. The number of unbranched alkanes of at least 4 members (excludes halogenated alkanes) is 1. The lowest BCUT2D eigenvalue weighted by Gasteiger charge is -2.17. The molecule has 1 heterocycles. The number of benzene rings is 2. The molecule has 5 nitrogen and oxygen atoms in total. The molecule has 0 radical (unpaired) electrons. The van der Waals surface area contributed by atoms with Crippen molar-refractivity contribution in [1.29, 1.82) is 0 Å². The van der Waals surface area contributed by atoms with E-state index in [0.29, 0.717) is 25.1 Å². The molecule has 0 unspecified atom stereocenters. The van der Waals surface area contributed by atoms with Crippen molar-refractivity contribution in [1.82, 2.24) is 4.72 Å². The van der Waals surface area contributed by atoms with E-state index >= 15 is 0 Å². The lowest BCUT2D eigenvalue weighted by atomic mass is 10.0. The first-order chi connectivity index (χ1) is 12.0. The van der Waals surface area contributed by atoms with E-state index in [0.717, 1.165) is 24.8 Å². The van der Waals surface area contributed by atoms with E-state index in [4.69, 9.17) is 0 Å². The number of aryl methyl sites for hydroxylation is 2. The van der Waals surface area contributed by atoms with Gasteiger partial charge in [-0.1, -0.05) is 30.3 Å². The predicted octanol–water partition coefficient (Wildman–Crippen LogP) is 2.87. The number of hydrogen-bond acceptors (Lipinski definition) is 3. The maximum atomic E-state index is 12.4. The molecule has 0 saturated heterocycles. The van der Waals surface area contributed by atoms with Gasteiger partial charge in [0.15, 0.2) is 0 Å². The van der Waals surface area contributed by atoms with Crippen LogP contribution in [0.2, 0.25) is 0 Å². The van der Waals surface area contributed by atoms with Crippen LogP contribution in [-0.4, -0.2) is 20.9 Å². The van der Waals surface area contributed by atoms with Gasteiger partial charge in [0.05, 0.1) is 4.90 Å². The molecule has 1 aliphatic heterocycles. The van der Waals surface area contributed by atoms with Gasteiger partial charge in [-0.05, 0) is 55.0 Å². The van der Waals surface area contributed by atoms with E-state index in [-0.39, 0.29) is 10.8 Å². The third-order valence-electron chi connectivity index (χ3n) is 4.31. The molecule has 3 rings (SSSR count). The van der Waals surface area contributed by atoms with Crippen molar-refractivity contribution in [3.8, 4) is 0 Å². The standard InChI is InChI=1S/C19H22N2O3S/c22-19-12-9-16-14-17(10-11-18(16)21-19)25(23,24)20-13-5-4-8-15-6-2-1-3-7-15/h1-3,6-7,10-11,14,20H,4-5,8-9,12-13H2,(H,21,22). The Kier molecular flexibility index (Phi) is 5.50. The number of carbonyl (C=O) groups is 1. The van der Waals surface area contributed by atoms with Crippen molar-refractivity contribution in [3.05, 3.63) is 59.7 Å². The van der Waals surface area contributed by atoms with Crippen molar-refractivity contribution >= 4 is 21.6 Å². The molecule has 0 aliphatic carbocycles. The van der Waals surface area contributed by atoms with Crippen LogP contribution in [-0.2, 0) is 27.7 Å². The van der Waals surface area contributed by atoms with Crippen molar-refractivity contribution in [2.24, 2.45) is 0 Å². The topological polar surface area (TPSA) is 75.3 Å². The Morgan fingerprint density at radius 3 is 2.60 bits per heavy atom. The molecule has 0 aromatic heterocycles. The number of rotatable bonds is 7. The average Bonchev–Trinajstić information content (AvgIpc) is 2.61. The fourth-order valence-corrected chi connectivity index (χ4v) is 4.04. The summed E-state index contributed by atoms with van der Waals surface area (Å²) in [6.07, 6.45) is 3.63. The van der Waals surface area contributed by atoms with Crippen LogP contribution in [0.25, 0.3) is 0 Å². The second-order valence-electron chi connectivity index (χ2n) is 6.21. The molecule has 0 bridgehead atoms. The summed E-state index contributed by atoms with van der Waals surface area (Å²) in [6.45, 7) is 0.420. The van der Waals surface area contributed by atoms with Crippen molar-refractivity contribution < 1.29 is 13.2 Å². The number of sulfonamides is 1. The van der Waals surface area contributed by atoms with Gasteiger partial charge < -0.3 is 5.32 Å². The highest BCUT2D eigenvalue weighted by Crippen LogP contribution is 2.25. The Hall–Kier alpha value is -2.18. The maximum Gasteiger partial charge on any atom is 0.240 e. The Bertz CT molecular complexity index is 848. The largest absolute Gasteiger partial charge is 0.326 e. The van der Waals surface area contributed by atoms with Crippen LogP contribution in [0.4, 0.5) is 5.69 Å². The highest BCUT2D eigenvalue weighted by molar-refractivity contribution is 7.89. The molecular weight excluding hydrogens is 336 g/mol. The van der Waals surface area contributed by atoms with E-state index < -0.39 is 10.0 Å². The number of fused-ring (bicyclic) bond motifs is 1. The van der Waals surface area contributed by atoms with Gasteiger partial charge in [-0.25, -0.2) is 13.1 Å². The normalized spacial score (nSPS) is 14.0. The van der Waals surface area contributed by atoms with Crippen LogP contribution < -0.4 is 10.0 Å². The molecule has 1 aliphatic rings. The zero-order valence-corrected chi connectivity index (χ0v) is 14.8. The molecule has 2 N–H and O–H groups in total. The molecule has 0 spiro atoms. The summed E-state index contributed by atoms with van der Waals surface area (Å²) in [5.74, 6) is -0.0281. The molecule has 132 valence electrons. The minimum atomic E-state index is -3.52. The first-order valence-electron chi connectivity index (χ1n) is 8.51. The number of nitrogens with one attached hydrogen (secondary N) is 2. The highest BCUT2D eigenvalue weighted by Gasteiger charge is 2.19. The van der Waals surface area contributed by atoms with Crippen LogP contribution >= 0.6 is 0 Å². The van der Waals surface area contributed by atoms with E-state index in [9.17, 15) is 13.2 Å². The van der Waals surface area contributed by atoms with Crippen molar-refractivity contribution in [2.45, 2.75) is 37.0 Å². The molecule has 0 atom stereocenters. The zero-order valence-electron chi connectivity index (χ0n) is 14.0. The smallest absolute Gasteiger partial charge is 0.240 e. The summed E-state index contributed by atoms with van der Waals surface area (Å²) in [6, 6.07) is 15.0. The maximum absolute atomic E-state index is 12.4. The second-order valence-corrected chi connectivity index (χ2v) is 7.97. The third kappa shape index (κ3) is 4.67. The van der Waals surface area contributed by atoms with E-state index in [1.54, 1.807) is 12.1 Å². The minimum Gasteiger partial charge on any atom is -0.326 e. The van der Waals surface area contributed by atoms with Crippen LogP contribution in [0.1, 0.15) is 30.4 Å². The number of amides is 1. The van der Waals surface area contributed by atoms with E-state index in [2.05, 4.69) is 22.2 Å². The fourth-order valence-electron chi connectivity index (χ4n) is 2.92. The first-order valence-corrected chi connectivity index (χ1v) is 9.99. The lowest BCUT2D eigenvalue weighted by Crippen LogP contribution is -2.25. The van der Waals surface area contributed by atoms with Gasteiger partial charge in [-0.15, -0.1) is 0 Å². The van der Waals surface area contributed by atoms with Crippen molar-refractivity contribution in [3.63, 3.8) is 0 Å². The number of hydrogen-bond donors (Lipinski definition) is 2. The van der Waals surface area contributed by atoms with Gasteiger partial charge >= 0.3 is 0 Å². The molecule has 2 aromatic rings. The minimum absolute atomic E-state index is 0.0281. The molecular formula is C19H22N2O3S. The molecule has 0 saturated carbocycles. The first kappa shape index (κ1) is 17.6. The Morgan fingerprint density at radius 2 is 1.80 bits per heavy atom. The number of carbonyl (C=O) groups excluding carboxylic acids is 1. The number of anilines is 1. The van der Waals surface area contributed by atoms with Gasteiger partial charge in [0.25, 0.3) is 0 Å². The summed E-state index contributed by atoms with van der Waals surface area (Å²) in [5, 5.41) is 2.76. The molecule has 25 heavy (non-hydrogen) atoms. The molecule has 6 heteroatoms. The Labute approximate surface area is 148 Å². The molecule has 1 amide bonds. The predicted molar refractivity (Wildman–Crippen MR) is 98.0 cm³/mol. The van der Waals surface area contributed by atoms with E-state index in [1.807, 2.05) is 18.2 Å². The molecule has 0 fully saturated rings. The van der Waals surface area contributed by atoms with Crippen LogP contribution in [0.5, 0.6) is 0 Å². The lowest BCUT2D eigenvalue weighted by molar-refractivity contribution is -0.116. The summed E-state index contributed by atoms with van der Waals surface area (Å²) in [7, 11) is -3.52. The van der Waals surface area contributed by atoms with Crippen LogP contribution in [0.3, 0.4) is 0 Å². The van der Waals surface area contributed by atoms with Crippen LogP contribution in [0, 0.1) is 0 Å². The van der Waals surface area contributed by atoms with Crippen molar-refractivity contribution in [2.75, 3.05) is 11.9 Å². The second kappa shape index (κ2) is 7.80. The van der Waals surface area contributed by atoms with Gasteiger partial charge in [-0.2, -0.15) is 0 Å².